The fourth-order valence-electron chi connectivity index (χ4n) is 2.20. The molecule has 1 heterocycles. The maximum Gasteiger partial charge on any atom is 0.205 e. The molecular weight excluding hydrogens is 308 g/mol. The maximum absolute atomic E-state index is 6.34. The van der Waals surface area contributed by atoms with Gasteiger partial charge in [0.25, 0.3) is 0 Å². The van der Waals surface area contributed by atoms with Gasteiger partial charge in [0, 0.05) is 22.2 Å². The molecule has 1 radical (unpaired) electrons. The molecule has 0 aliphatic rings. The first-order valence-electron chi connectivity index (χ1n) is 7.36. The smallest absolute Gasteiger partial charge is 0.205 e. The minimum absolute atomic E-state index is 0.0474. The Morgan fingerprint density at radius 2 is 1.73 bits per heavy atom. The lowest BCUT2D eigenvalue weighted by molar-refractivity contribution is 0.0843. The summed E-state index contributed by atoms with van der Waals surface area (Å²) in [6, 6.07) is 8.47. The Balaban J connectivity index is 2.37. The standard InChI is InChI=1S/C17H23N2OSSi/c1-17(2,3)16(20-22(4)5)14-8-6-7-9-15(14)21-13-10-18-12-19-11-13/h6-12,16H,1-5H3. The van der Waals surface area contributed by atoms with Gasteiger partial charge in [-0.25, -0.2) is 9.97 Å². The highest BCUT2D eigenvalue weighted by molar-refractivity contribution is 7.99. The first-order chi connectivity index (χ1) is 10.4. The van der Waals surface area contributed by atoms with Crippen molar-refractivity contribution in [2.24, 2.45) is 5.41 Å². The molecule has 0 saturated carbocycles. The minimum Gasteiger partial charge on any atom is -0.410 e. The zero-order valence-electron chi connectivity index (χ0n) is 13.8. The van der Waals surface area contributed by atoms with E-state index in [1.54, 1.807) is 18.1 Å². The van der Waals surface area contributed by atoms with Crippen LogP contribution in [0.1, 0.15) is 32.4 Å². The molecule has 1 atom stereocenters. The third-order valence-corrected chi connectivity index (χ3v) is 4.85. The quantitative estimate of drug-likeness (QED) is 0.724. The van der Waals surface area contributed by atoms with Crippen LogP contribution in [0.3, 0.4) is 0 Å². The van der Waals surface area contributed by atoms with E-state index in [9.17, 15) is 0 Å². The summed E-state index contributed by atoms with van der Waals surface area (Å²) in [5, 5.41) is 0. The molecule has 2 aromatic rings. The summed E-state index contributed by atoms with van der Waals surface area (Å²) < 4.78 is 6.34. The SMILES string of the molecule is C[Si](C)OC(c1ccccc1Sc1cncnc1)C(C)(C)C. The molecule has 2 rings (SSSR count). The third-order valence-electron chi connectivity index (χ3n) is 3.11. The van der Waals surface area contributed by atoms with Crippen molar-refractivity contribution in [1.82, 2.24) is 9.97 Å². The lowest BCUT2D eigenvalue weighted by Gasteiger charge is -2.34. The van der Waals surface area contributed by atoms with Crippen LogP contribution in [0.4, 0.5) is 0 Å². The number of rotatable bonds is 5. The summed E-state index contributed by atoms with van der Waals surface area (Å²) in [5.41, 5.74) is 1.29. The van der Waals surface area contributed by atoms with Crippen LogP contribution < -0.4 is 0 Å². The molecule has 0 N–H and O–H groups in total. The highest BCUT2D eigenvalue weighted by Crippen LogP contribution is 2.42. The molecule has 0 bridgehead atoms. The lowest BCUT2D eigenvalue weighted by Crippen LogP contribution is -2.26. The Morgan fingerprint density at radius 1 is 1.09 bits per heavy atom. The molecule has 1 aromatic heterocycles. The first kappa shape index (κ1) is 17.2. The highest BCUT2D eigenvalue weighted by Gasteiger charge is 2.30. The summed E-state index contributed by atoms with van der Waals surface area (Å²) in [6.07, 6.45) is 5.33. The maximum atomic E-state index is 6.34. The van der Waals surface area contributed by atoms with Crippen molar-refractivity contribution in [2.75, 3.05) is 0 Å². The van der Waals surface area contributed by atoms with Crippen molar-refractivity contribution in [3.8, 4) is 0 Å². The summed E-state index contributed by atoms with van der Waals surface area (Å²) >= 11 is 1.69. The fraction of sp³-hybridized carbons (Fsp3) is 0.412. The van der Waals surface area contributed by atoms with Gasteiger partial charge in [-0.2, -0.15) is 0 Å². The van der Waals surface area contributed by atoms with Crippen LogP contribution in [0.15, 0.2) is 52.8 Å². The Hall–Kier alpha value is -1.17. The summed E-state index contributed by atoms with van der Waals surface area (Å²) in [7, 11) is -0.785. The van der Waals surface area contributed by atoms with Gasteiger partial charge in [0.15, 0.2) is 0 Å². The van der Waals surface area contributed by atoms with E-state index in [0.717, 1.165) is 4.90 Å². The van der Waals surface area contributed by atoms with Gasteiger partial charge in [-0.15, -0.1) is 0 Å². The van der Waals surface area contributed by atoms with Gasteiger partial charge in [0.05, 0.1) is 6.10 Å². The number of hydrogen-bond acceptors (Lipinski definition) is 4. The van der Waals surface area contributed by atoms with Gasteiger partial charge < -0.3 is 4.43 Å². The van der Waals surface area contributed by atoms with Gasteiger partial charge in [-0.1, -0.05) is 50.7 Å². The number of nitrogens with zero attached hydrogens (tertiary/aromatic N) is 2. The van der Waals surface area contributed by atoms with Crippen molar-refractivity contribution < 1.29 is 4.43 Å². The average molecular weight is 332 g/mol. The van der Waals surface area contributed by atoms with Crippen molar-refractivity contribution in [3.63, 3.8) is 0 Å². The molecule has 117 valence electrons. The normalized spacial score (nSPS) is 13.4. The van der Waals surface area contributed by atoms with Crippen LogP contribution in [0.25, 0.3) is 0 Å². The van der Waals surface area contributed by atoms with Crippen molar-refractivity contribution in [2.45, 2.75) is 49.8 Å². The van der Waals surface area contributed by atoms with Crippen LogP contribution in [-0.4, -0.2) is 19.0 Å². The van der Waals surface area contributed by atoms with Crippen LogP contribution in [0, 0.1) is 5.41 Å². The van der Waals surface area contributed by atoms with Crippen LogP contribution in [0.2, 0.25) is 13.1 Å². The van der Waals surface area contributed by atoms with E-state index in [-0.39, 0.29) is 11.5 Å². The molecule has 3 nitrogen and oxygen atoms in total. The average Bonchev–Trinajstić information content (AvgIpc) is 2.45. The van der Waals surface area contributed by atoms with Crippen LogP contribution in [0.5, 0.6) is 0 Å². The fourth-order valence-corrected chi connectivity index (χ4v) is 4.07. The predicted molar refractivity (Wildman–Crippen MR) is 93.4 cm³/mol. The zero-order valence-corrected chi connectivity index (χ0v) is 15.6. The third kappa shape index (κ3) is 4.66. The molecule has 0 aliphatic carbocycles. The minimum atomic E-state index is -0.785. The molecule has 0 saturated heterocycles. The Bertz CT molecular complexity index is 599. The second kappa shape index (κ2) is 7.40. The molecule has 0 amide bonds. The highest BCUT2D eigenvalue weighted by atomic mass is 32.2. The van der Waals surface area contributed by atoms with Gasteiger partial charge in [-0.3, -0.25) is 0 Å². The van der Waals surface area contributed by atoms with E-state index in [1.807, 2.05) is 12.4 Å². The summed E-state index contributed by atoms with van der Waals surface area (Å²) in [5.74, 6) is 0. The van der Waals surface area contributed by atoms with E-state index >= 15 is 0 Å². The van der Waals surface area contributed by atoms with Crippen LogP contribution in [-0.2, 0) is 4.43 Å². The van der Waals surface area contributed by atoms with Crippen molar-refractivity contribution in [1.29, 1.82) is 0 Å². The molecule has 1 aromatic carbocycles. The van der Waals surface area contributed by atoms with E-state index < -0.39 is 9.04 Å². The number of aromatic nitrogens is 2. The molecule has 5 heteroatoms. The van der Waals surface area contributed by atoms with Gasteiger partial charge in [-0.05, 0) is 30.1 Å². The number of hydrogen-bond donors (Lipinski definition) is 0. The molecular formula is C17H23N2OSSi. The molecule has 0 aliphatic heterocycles. The Labute approximate surface area is 139 Å². The largest absolute Gasteiger partial charge is 0.410 e. The van der Waals surface area contributed by atoms with Crippen LogP contribution >= 0.6 is 11.8 Å². The van der Waals surface area contributed by atoms with Gasteiger partial charge in [0.1, 0.15) is 6.33 Å². The first-order valence-corrected chi connectivity index (χ1v) is 10.6. The lowest BCUT2D eigenvalue weighted by atomic mass is 9.85. The predicted octanol–water partition coefficient (Wildman–Crippen LogP) is 4.98. The van der Waals surface area contributed by atoms with E-state index in [0.29, 0.717) is 0 Å². The van der Waals surface area contributed by atoms with Gasteiger partial charge in [0.2, 0.25) is 9.04 Å². The summed E-state index contributed by atoms with van der Waals surface area (Å²) in [6.45, 7) is 11.1. The monoisotopic (exact) mass is 331 g/mol. The number of benzene rings is 1. The van der Waals surface area contributed by atoms with Crippen molar-refractivity contribution in [3.05, 3.63) is 48.5 Å². The summed E-state index contributed by atoms with van der Waals surface area (Å²) in [4.78, 5) is 10.4. The molecule has 0 spiro atoms. The Morgan fingerprint density at radius 3 is 2.32 bits per heavy atom. The Kier molecular flexibility index (Phi) is 5.78. The van der Waals surface area contributed by atoms with Crippen molar-refractivity contribution >= 4 is 20.8 Å². The molecule has 22 heavy (non-hydrogen) atoms. The van der Waals surface area contributed by atoms with E-state index in [4.69, 9.17) is 4.43 Å². The molecule has 0 fully saturated rings. The second-order valence-corrected chi connectivity index (χ2v) is 9.65. The topological polar surface area (TPSA) is 35.0 Å². The van der Waals surface area contributed by atoms with E-state index in [2.05, 4.69) is 68.1 Å². The van der Waals surface area contributed by atoms with Gasteiger partial charge >= 0.3 is 0 Å². The molecule has 1 unspecified atom stereocenters. The zero-order chi connectivity index (χ0) is 16.2. The van der Waals surface area contributed by atoms with E-state index in [1.165, 1.54) is 10.5 Å². The second-order valence-electron chi connectivity index (χ2n) is 6.49.